The first-order chi connectivity index (χ1) is 22.2. The number of rotatable bonds is 12. The number of nitrogens with one attached hydrogen (secondary N) is 2. The molecule has 2 N–H and O–H groups in total. The van der Waals surface area contributed by atoms with Gasteiger partial charge in [-0.3, -0.25) is 9.59 Å². The third-order valence-corrected chi connectivity index (χ3v) is 8.52. The summed E-state index contributed by atoms with van der Waals surface area (Å²) in [7, 11) is 3.97. The van der Waals surface area contributed by atoms with Gasteiger partial charge in [-0.05, 0) is 94.2 Å². The molecule has 0 aliphatic carbocycles. The molecule has 9 nitrogen and oxygen atoms in total. The van der Waals surface area contributed by atoms with Gasteiger partial charge >= 0.3 is 0 Å². The predicted molar refractivity (Wildman–Crippen MR) is 183 cm³/mol. The second-order valence-corrected chi connectivity index (χ2v) is 12.4. The second kappa shape index (κ2) is 15.3. The van der Waals surface area contributed by atoms with E-state index in [1.807, 2.05) is 72.4 Å². The van der Waals surface area contributed by atoms with Crippen molar-refractivity contribution in [2.75, 3.05) is 51.8 Å². The Balaban J connectivity index is 1.25. The largest absolute Gasteiger partial charge is 0.493 e. The van der Waals surface area contributed by atoms with Crippen LogP contribution in [0.4, 0.5) is 5.69 Å². The number of ether oxygens (including phenoxy) is 2. The van der Waals surface area contributed by atoms with Crippen molar-refractivity contribution in [3.63, 3.8) is 0 Å². The topological polar surface area (TPSA) is 86.4 Å². The summed E-state index contributed by atoms with van der Waals surface area (Å²) in [6, 6.07) is 19.9. The van der Waals surface area contributed by atoms with Crippen LogP contribution in [0, 0.1) is 13.8 Å². The summed E-state index contributed by atoms with van der Waals surface area (Å²) in [6.07, 6.45) is 3.90. The normalized spacial score (nSPS) is 16.0. The molecule has 0 bridgehead atoms. The average Bonchev–Trinajstić information content (AvgIpc) is 3.25. The second-order valence-electron chi connectivity index (χ2n) is 12.4. The number of hydrogen-bond acceptors (Lipinski definition) is 7. The first-order valence-corrected chi connectivity index (χ1v) is 16.2. The molecule has 0 spiro atoms. The molecule has 3 aromatic carbocycles. The van der Waals surface area contributed by atoms with Crippen LogP contribution >= 0.6 is 0 Å². The molecule has 46 heavy (non-hydrogen) atoms. The summed E-state index contributed by atoms with van der Waals surface area (Å²) < 4.78 is 12.3. The third-order valence-electron chi connectivity index (χ3n) is 8.52. The van der Waals surface area contributed by atoms with E-state index < -0.39 is 0 Å². The van der Waals surface area contributed by atoms with Gasteiger partial charge in [-0.15, -0.1) is 0 Å². The average molecular weight is 626 g/mol. The molecule has 0 saturated heterocycles. The number of aryl methyl sites for hydroxylation is 1. The standard InChI is InChI=1S/C37H47N5O4/c1-26-11-6-16-34(27(26)2)45-21-9-17-35(43)42-19-10-22-46-36-31(14-8-15-33(36)42)32-25-41(39-28(32)3)24-29-12-7-13-30(23-29)37(44)38-18-20-40(4)5/h6-8,11-16,23,25,28,39H,9-10,17-22,24H2,1-5H3,(H,38,44). The highest BCUT2D eigenvalue weighted by molar-refractivity contribution is 5.96. The Morgan fingerprint density at radius 1 is 1.09 bits per heavy atom. The Morgan fingerprint density at radius 2 is 1.89 bits per heavy atom. The van der Waals surface area contributed by atoms with Gasteiger partial charge in [-0.25, -0.2) is 5.43 Å². The Kier molecular flexibility index (Phi) is 11.0. The van der Waals surface area contributed by atoms with Gasteiger partial charge in [0, 0.05) is 43.4 Å². The van der Waals surface area contributed by atoms with Crippen LogP contribution in [0.5, 0.6) is 11.5 Å². The molecule has 5 rings (SSSR count). The lowest BCUT2D eigenvalue weighted by molar-refractivity contribution is -0.118. The number of carbonyl (C=O) groups is 2. The molecule has 3 aromatic rings. The van der Waals surface area contributed by atoms with Crippen LogP contribution in [0.1, 0.15) is 58.8 Å². The fourth-order valence-electron chi connectivity index (χ4n) is 5.85. The van der Waals surface area contributed by atoms with E-state index in [9.17, 15) is 9.59 Å². The number of hydrogen-bond donors (Lipinski definition) is 2. The van der Waals surface area contributed by atoms with Crippen LogP contribution in [0.25, 0.3) is 5.57 Å². The summed E-state index contributed by atoms with van der Waals surface area (Å²) in [6.45, 7) is 9.89. The van der Waals surface area contributed by atoms with E-state index in [-0.39, 0.29) is 17.9 Å². The van der Waals surface area contributed by atoms with E-state index in [2.05, 4.69) is 54.9 Å². The molecule has 1 atom stereocenters. The quantitative estimate of drug-likeness (QED) is 0.264. The molecule has 1 unspecified atom stereocenters. The van der Waals surface area contributed by atoms with E-state index in [1.54, 1.807) is 0 Å². The van der Waals surface area contributed by atoms with Gasteiger partial charge in [0.2, 0.25) is 5.91 Å². The minimum Gasteiger partial charge on any atom is -0.493 e. The van der Waals surface area contributed by atoms with Crippen molar-refractivity contribution < 1.29 is 19.1 Å². The first kappa shape index (κ1) is 33.0. The minimum absolute atomic E-state index is 0.0299. The Hall–Kier alpha value is -4.34. The number of para-hydroxylation sites is 1. The molecule has 0 aromatic heterocycles. The van der Waals surface area contributed by atoms with E-state index in [0.29, 0.717) is 51.3 Å². The summed E-state index contributed by atoms with van der Waals surface area (Å²) in [5.41, 5.74) is 10.4. The number of amides is 2. The SMILES string of the molecule is Cc1cccc(OCCCC(=O)N2CCCOc3c(C4=CN(Cc5cccc(C(=O)NCCN(C)C)c5)NC4C)cccc32)c1C. The van der Waals surface area contributed by atoms with E-state index in [4.69, 9.17) is 9.47 Å². The first-order valence-electron chi connectivity index (χ1n) is 16.2. The van der Waals surface area contributed by atoms with Crippen LogP contribution in [0.3, 0.4) is 0 Å². The van der Waals surface area contributed by atoms with Gasteiger partial charge in [0.1, 0.15) is 5.75 Å². The van der Waals surface area contributed by atoms with Crippen molar-refractivity contribution in [3.05, 3.63) is 94.7 Å². The van der Waals surface area contributed by atoms with Crippen molar-refractivity contribution in [2.24, 2.45) is 0 Å². The number of fused-ring (bicyclic) bond motifs is 1. The number of carbonyl (C=O) groups excluding carboxylic acids is 2. The molecule has 2 aliphatic heterocycles. The van der Waals surface area contributed by atoms with Gasteiger partial charge in [-0.2, -0.15) is 0 Å². The minimum atomic E-state index is -0.0696. The monoisotopic (exact) mass is 625 g/mol. The van der Waals surface area contributed by atoms with Gasteiger partial charge in [-0.1, -0.05) is 36.4 Å². The maximum absolute atomic E-state index is 13.5. The van der Waals surface area contributed by atoms with Gasteiger partial charge in [0.25, 0.3) is 5.91 Å². The highest BCUT2D eigenvalue weighted by atomic mass is 16.5. The maximum Gasteiger partial charge on any atom is 0.251 e. The number of hydrazine groups is 1. The van der Waals surface area contributed by atoms with Crippen LogP contribution in [0.15, 0.2) is 66.9 Å². The van der Waals surface area contributed by atoms with E-state index in [1.165, 1.54) is 5.56 Å². The third kappa shape index (κ3) is 8.08. The Morgan fingerprint density at radius 3 is 2.72 bits per heavy atom. The zero-order valence-electron chi connectivity index (χ0n) is 27.8. The smallest absolute Gasteiger partial charge is 0.251 e. The van der Waals surface area contributed by atoms with Crippen molar-refractivity contribution >= 4 is 23.1 Å². The molecule has 2 aliphatic rings. The van der Waals surface area contributed by atoms with Crippen molar-refractivity contribution in [1.82, 2.24) is 20.7 Å². The highest BCUT2D eigenvalue weighted by Crippen LogP contribution is 2.40. The van der Waals surface area contributed by atoms with Crippen LogP contribution < -0.4 is 25.1 Å². The summed E-state index contributed by atoms with van der Waals surface area (Å²) in [5, 5.41) is 5.04. The molecule has 244 valence electrons. The molecular formula is C37H47N5O4. The number of nitrogens with zero attached hydrogens (tertiary/aromatic N) is 3. The van der Waals surface area contributed by atoms with Crippen LogP contribution in [-0.2, 0) is 11.3 Å². The lowest BCUT2D eigenvalue weighted by Gasteiger charge is -2.24. The molecular weight excluding hydrogens is 578 g/mol. The van der Waals surface area contributed by atoms with E-state index in [0.717, 1.165) is 52.4 Å². The highest BCUT2D eigenvalue weighted by Gasteiger charge is 2.29. The van der Waals surface area contributed by atoms with Gasteiger partial charge in [0.05, 0.1) is 31.5 Å². The van der Waals surface area contributed by atoms with Crippen molar-refractivity contribution in [2.45, 2.75) is 52.6 Å². The zero-order valence-corrected chi connectivity index (χ0v) is 27.8. The van der Waals surface area contributed by atoms with Gasteiger partial charge in [0.15, 0.2) is 5.75 Å². The molecule has 0 radical (unpaired) electrons. The molecule has 2 amide bonds. The van der Waals surface area contributed by atoms with Crippen molar-refractivity contribution in [3.8, 4) is 11.5 Å². The van der Waals surface area contributed by atoms with Crippen molar-refractivity contribution in [1.29, 1.82) is 0 Å². The lowest BCUT2D eigenvalue weighted by atomic mass is 9.99. The van der Waals surface area contributed by atoms with Gasteiger partial charge < -0.3 is 29.6 Å². The number of likely N-dealkylation sites (N-methyl/N-ethyl adjacent to an activating group) is 1. The summed E-state index contributed by atoms with van der Waals surface area (Å²) in [5.74, 6) is 1.63. The van der Waals surface area contributed by atoms with Crippen LogP contribution in [0.2, 0.25) is 0 Å². The Labute approximate surface area is 273 Å². The predicted octanol–water partition coefficient (Wildman–Crippen LogP) is 5.32. The maximum atomic E-state index is 13.5. The zero-order chi connectivity index (χ0) is 32.6. The number of benzene rings is 3. The molecule has 0 saturated carbocycles. The molecule has 0 fully saturated rings. The summed E-state index contributed by atoms with van der Waals surface area (Å²) >= 11 is 0. The van der Waals surface area contributed by atoms with Crippen LogP contribution in [-0.4, -0.2) is 74.7 Å². The molecule has 9 heteroatoms. The van der Waals surface area contributed by atoms with E-state index >= 15 is 0 Å². The summed E-state index contributed by atoms with van der Waals surface area (Å²) in [4.78, 5) is 30.1. The molecule has 2 heterocycles. The number of anilines is 1. The fraction of sp³-hybridized carbons (Fsp3) is 0.405. The Bertz CT molecular complexity index is 1570. The fourth-order valence-corrected chi connectivity index (χ4v) is 5.85. The lowest BCUT2D eigenvalue weighted by Crippen LogP contribution is -2.34.